The molecule has 3 aromatic rings. The van der Waals surface area contributed by atoms with Gasteiger partial charge in [-0.2, -0.15) is 0 Å². The molecule has 0 spiro atoms. The number of ether oxygens (including phenoxy) is 3. The van der Waals surface area contributed by atoms with Gasteiger partial charge in [0.25, 0.3) is 0 Å². The fraction of sp³-hybridized carbons (Fsp3) is 0.378. The van der Waals surface area contributed by atoms with Crippen molar-refractivity contribution in [1.29, 1.82) is 0 Å². The molecule has 3 aromatic carbocycles. The molecule has 1 saturated carbocycles. The first kappa shape index (κ1) is 33.4. The fourth-order valence-electron chi connectivity index (χ4n) is 5.28. The summed E-state index contributed by atoms with van der Waals surface area (Å²) in [4.78, 5) is 12.9. The molecule has 41 heavy (non-hydrogen) atoms. The SMILES string of the molecule is C.C/C=C\C1=C(C)c2ccccc2C1COC(=O)[C@@H]1CC[C@@H]1c1ccccc1OC.CCC.COc1ccccc1. The van der Waals surface area contributed by atoms with Gasteiger partial charge < -0.3 is 14.2 Å². The third-order valence-electron chi connectivity index (χ3n) is 7.38. The maximum Gasteiger partial charge on any atom is 0.309 e. The highest BCUT2D eigenvalue weighted by Crippen LogP contribution is 2.47. The Morgan fingerprint density at radius 1 is 0.854 bits per heavy atom. The van der Waals surface area contributed by atoms with E-state index >= 15 is 0 Å². The lowest BCUT2D eigenvalue weighted by molar-refractivity contribution is -0.152. The lowest BCUT2D eigenvalue weighted by Crippen LogP contribution is -2.33. The standard InChI is InChI=1S/C26H28O3.C7H8O.C3H8.CH4/c1-4-9-18-17(2)19-10-5-6-11-20(19)24(18)16-29-26(27)23-15-14-21(23)22-12-7-8-13-25(22)28-3;1-8-7-5-3-2-4-6-7;1-3-2;/h4-13,21,23-24H,14-16H2,1-3H3;2-6H,1H3;3H2,1-2H3;1H4/b9-4-;;;/t21-,23-,24?;;;/m1.../s1. The Labute approximate surface area is 248 Å². The molecule has 0 N–H and O–H groups in total. The van der Waals surface area contributed by atoms with Gasteiger partial charge in [-0.1, -0.05) is 101 Å². The molecule has 0 radical (unpaired) electrons. The lowest BCUT2D eigenvalue weighted by atomic mass is 9.70. The Balaban J connectivity index is 0.000000415. The van der Waals surface area contributed by atoms with Gasteiger partial charge in [-0.3, -0.25) is 4.79 Å². The second-order valence-electron chi connectivity index (χ2n) is 10.1. The van der Waals surface area contributed by atoms with Crippen LogP contribution in [0.3, 0.4) is 0 Å². The number of hydrogen-bond donors (Lipinski definition) is 0. The van der Waals surface area contributed by atoms with Gasteiger partial charge in [0.05, 0.1) is 20.1 Å². The van der Waals surface area contributed by atoms with Crippen molar-refractivity contribution in [1.82, 2.24) is 0 Å². The number of methoxy groups -OCH3 is 2. The maximum atomic E-state index is 12.9. The first-order valence-corrected chi connectivity index (χ1v) is 14.3. The van der Waals surface area contributed by atoms with Crippen molar-refractivity contribution in [3.05, 3.63) is 113 Å². The number of fused-ring (bicyclic) bond motifs is 1. The first-order valence-electron chi connectivity index (χ1n) is 14.3. The number of carbonyl (C=O) groups is 1. The molecule has 0 saturated heterocycles. The molecular weight excluding hydrogens is 508 g/mol. The quantitative estimate of drug-likeness (QED) is 0.272. The lowest BCUT2D eigenvalue weighted by Gasteiger charge is -2.36. The van der Waals surface area contributed by atoms with Crippen molar-refractivity contribution in [2.75, 3.05) is 20.8 Å². The molecule has 0 aromatic heterocycles. The Morgan fingerprint density at radius 2 is 1.46 bits per heavy atom. The fourth-order valence-corrected chi connectivity index (χ4v) is 5.28. The zero-order chi connectivity index (χ0) is 28.9. The van der Waals surface area contributed by atoms with Crippen molar-refractivity contribution < 1.29 is 19.0 Å². The van der Waals surface area contributed by atoms with Crippen molar-refractivity contribution >= 4 is 11.5 Å². The highest BCUT2D eigenvalue weighted by molar-refractivity contribution is 5.80. The average molecular weight is 557 g/mol. The Hall–Kier alpha value is -3.79. The minimum atomic E-state index is -0.0889. The summed E-state index contributed by atoms with van der Waals surface area (Å²) in [5.74, 6) is 1.88. The van der Waals surface area contributed by atoms with Gasteiger partial charge in [-0.05, 0) is 72.7 Å². The molecule has 0 bridgehead atoms. The topological polar surface area (TPSA) is 44.8 Å². The van der Waals surface area contributed by atoms with E-state index < -0.39 is 0 Å². The van der Waals surface area contributed by atoms with Crippen LogP contribution in [0.25, 0.3) is 5.57 Å². The zero-order valence-electron chi connectivity index (χ0n) is 24.9. The summed E-state index contributed by atoms with van der Waals surface area (Å²) in [5.41, 5.74) is 6.14. The van der Waals surface area contributed by atoms with Gasteiger partial charge in [-0.15, -0.1) is 0 Å². The normalized spacial score (nSPS) is 18.4. The third-order valence-corrected chi connectivity index (χ3v) is 7.38. The highest BCUT2D eigenvalue weighted by Gasteiger charge is 2.40. The number of rotatable bonds is 7. The number of esters is 1. The zero-order valence-corrected chi connectivity index (χ0v) is 24.9. The van der Waals surface area contributed by atoms with Crippen LogP contribution < -0.4 is 9.47 Å². The van der Waals surface area contributed by atoms with Crippen molar-refractivity contribution in [2.45, 2.75) is 66.2 Å². The number of carbonyl (C=O) groups excluding carboxylic acids is 1. The minimum Gasteiger partial charge on any atom is -0.497 e. The summed E-state index contributed by atoms with van der Waals surface area (Å²) in [6.07, 6.45) is 7.33. The average Bonchev–Trinajstić information content (AvgIpc) is 3.23. The van der Waals surface area contributed by atoms with Crippen LogP contribution in [0.5, 0.6) is 11.5 Å². The largest absolute Gasteiger partial charge is 0.497 e. The smallest absolute Gasteiger partial charge is 0.309 e. The molecule has 1 fully saturated rings. The summed E-state index contributed by atoms with van der Waals surface area (Å²) in [6.45, 7) is 8.82. The molecule has 4 heteroatoms. The number of hydrogen-bond acceptors (Lipinski definition) is 4. The molecule has 4 nitrogen and oxygen atoms in total. The number of allylic oxidation sites excluding steroid dienone is 3. The van der Waals surface area contributed by atoms with E-state index in [0.29, 0.717) is 6.61 Å². The van der Waals surface area contributed by atoms with Crippen molar-refractivity contribution in [3.63, 3.8) is 0 Å². The van der Waals surface area contributed by atoms with E-state index in [9.17, 15) is 4.79 Å². The molecule has 1 unspecified atom stereocenters. The molecule has 0 amide bonds. The van der Waals surface area contributed by atoms with E-state index in [2.05, 4.69) is 63.3 Å². The van der Waals surface area contributed by atoms with Gasteiger partial charge >= 0.3 is 5.97 Å². The van der Waals surface area contributed by atoms with Gasteiger partial charge in [0.2, 0.25) is 0 Å². The molecule has 220 valence electrons. The molecule has 0 heterocycles. The summed E-state index contributed by atoms with van der Waals surface area (Å²) in [6, 6.07) is 26.1. The van der Waals surface area contributed by atoms with Crippen LogP contribution in [-0.2, 0) is 9.53 Å². The van der Waals surface area contributed by atoms with Crippen molar-refractivity contribution in [2.24, 2.45) is 5.92 Å². The van der Waals surface area contributed by atoms with Crippen LogP contribution in [0.2, 0.25) is 0 Å². The van der Waals surface area contributed by atoms with Gasteiger partial charge in [0, 0.05) is 11.8 Å². The van der Waals surface area contributed by atoms with Crippen LogP contribution in [0.4, 0.5) is 0 Å². The van der Waals surface area contributed by atoms with Crippen LogP contribution in [0.1, 0.15) is 82.9 Å². The minimum absolute atomic E-state index is 0. The second-order valence-corrected chi connectivity index (χ2v) is 10.1. The summed E-state index contributed by atoms with van der Waals surface area (Å²) in [7, 11) is 3.34. The third kappa shape index (κ3) is 8.36. The molecule has 2 aliphatic rings. The Kier molecular flexibility index (Phi) is 14.0. The monoisotopic (exact) mass is 556 g/mol. The van der Waals surface area contributed by atoms with Crippen LogP contribution in [0, 0.1) is 5.92 Å². The maximum absolute atomic E-state index is 12.9. The summed E-state index contributed by atoms with van der Waals surface area (Å²) < 4.78 is 16.3. The van der Waals surface area contributed by atoms with E-state index in [4.69, 9.17) is 14.2 Å². The van der Waals surface area contributed by atoms with E-state index in [-0.39, 0.29) is 31.1 Å². The molecule has 0 aliphatic heterocycles. The molecular formula is C37H48O4. The van der Waals surface area contributed by atoms with Crippen molar-refractivity contribution in [3.8, 4) is 11.5 Å². The van der Waals surface area contributed by atoms with Gasteiger partial charge in [0.15, 0.2) is 0 Å². The van der Waals surface area contributed by atoms with E-state index in [1.165, 1.54) is 28.7 Å². The van der Waals surface area contributed by atoms with E-state index in [1.807, 2.05) is 55.5 Å². The number of para-hydroxylation sites is 2. The van der Waals surface area contributed by atoms with E-state index in [1.54, 1.807) is 14.2 Å². The predicted octanol–water partition coefficient (Wildman–Crippen LogP) is 9.63. The molecule has 2 aliphatic carbocycles. The second kappa shape index (κ2) is 17.1. The summed E-state index contributed by atoms with van der Waals surface area (Å²) >= 11 is 0. The highest BCUT2D eigenvalue weighted by atomic mass is 16.5. The first-order chi connectivity index (χ1) is 19.5. The molecule has 3 atom stereocenters. The van der Waals surface area contributed by atoms with Gasteiger partial charge in [0.1, 0.15) is 18.1 Å². The summed E-state index contributed by atoms with van der Waals surface area (Å²) in [5, 5.41) is 0. The van der Waals surface area contributed by atoms with E-state index in [0.717, 1.165) is 29.9 Å². The van der Waals surface area contributed by atoms with Crippen LogP contribution in [0.15, 0.2) is 96.6 Å². The number of benzene rings is 3. The van der Waals surface area contributed by atoms with Crippen LogP contribution >= 0.6 is 0 Å². The van der Waals surface area contributed by atoms with Gasteiger partial charge in [-0.25, -0.2) is 0 Å². The molecule has 5 rings (SSSR count). The Bertz CT molecular complexity index is 1270. The predicted molar refractivity (Wildman–Crippen MR) is 172 cm³/mol. The van der Waals surface area contributed by atoms with Crippen LogP contribution in [-0.4, -0.2) is 26.8 Å². The Morgan fingerprint density at radius 3 is 2.02 bits per heavy atom.